The van der Waals surface area contributed by atoms with Gasteiger partial charge < -0.3 is 10.2 Å². The zero-order valence-corrected chi connectivity index (χ0v) is 22.5. The van der Waals surface area contributed by atoms with E-state index in [1.54, 1.807) is 0 Å². The van der Waals surface area contributed by atoms with E-state index in [9.17, 15) is 15.0 Å². The van der Waals surface area contributed by atoms with Crippen molar-refractivity contribution in [2.24, 2.45) is 45.3 Å². The van der Waals surface area contributed by atoms with Crippen LogP contribution in [-0.4, -0.2) is 27.7 Å². The molecule has 3 heteroatoms. The number of rotatable bonds is 5. The van der Waals surface area contributed by atoms with Crippen LogP contribution in [0.1, 0.15) is 113 Å². The summed E-state index contributed by atoms with van der Waals surface area (Å²) < 4.78 is 0. The third kappa shape index (κ3) is 3.53. The second-order valence-electron chi connectivity index (χ2n) is 14.2. The highest BCUT2D eigenvalue weighted by Gasteiger charge is 2.69. The predicted octanol–water partition coefficient (Wildman–Crippen LogP) is 6.71. The van der Waals surface area contributed by atoms with E-state index in [1.165, 1.54) is 25.7 Å². The molecule has 4 saturated carbocycles. The molecule has 9 atom stereocenters. The maximum absolute atomic E-state index is 12.9. The van der Waals surface area contributed by atoms with Crippen molar-refractivity contribution in [2.45, 2.75) is 124 Å². The molecule has 0 bridgehead atoms. The fraction of sp³-hybridized carbons (Fsp3) is 0.900. The van der Waals surface area contributed by atoms with Crippen molar-refractivity contribution < 1.29 is 15.0 Å². The Balaban J connectivity index is 1.60. The average molecular weight is 459 g/mol. The van der Waals surface area contributed by atoms with Gasteiger partial charge in [0.05, 0.1) is 11.7 Å². The molecule has 33 heavy (non-hydrogen) atoms. The minimum absolute atomic E-state index is 0.196. The normalized spacial score (nSPS) is 47.1. The largest absolute Gasteiger partial charge is 0.390 e. The van der Waals surface area contributed by atoms with Crippen LogP contribution in [0.15, 0.2) is 12.2 Å². The maximum atomic E-state index is 12.9. The Hall–Kier alpha value is -0.670. The Bertz CT molecular complexity index is 811. The van der Waals surface area contributed by atoms with Crippen LogP contribution in [0, 0.1) is 45.3 Å². The number of aliphatic hydroxyl groups is 2. The first-order valence-corrected chi connectivity index (χ1v) is 13.7. The highest BCUT2D eigenvalue weighted by Crippen LogP contribution is 2.75. The van der Waals surface area contributed by atoms with Gasteiger partial charge in [0.1, 0.15) is 5.78 Å². The van der Waals surface area contributed by atoms with E-state index in [0.717, 1.165) is 31.3 Å². The van der Waals surface area contributed by atoms with Gasteiger partial charge in [-0.25, -0.2) is 0 Å². The third-order valence-electron chi connectivity index (χ3n) is 12.4. The second kappa shape index (κ2) is 7.92. The van der Waals surface area contributed by atoms with Gasteiger partial charge >= 0.3 is 0 Å². The molecule has 188 valence electrons. The standard InChI is InChI=1S/C30H50O3/c1-19(2)22(31)12-18-30(8,33)21-11-16-28(6)20(21)9-10-24-27(5)15-14-25(32)26(3,4)23(27)13-17-29(24,28)7/h20-24,31,33H,1,9-18H2,2-8H3/t20?,21-,22?,23?,24+,27-,28-,29+,30-/m0/s1. The molecule has 0 aromatic heterocycles. The zero-order valence-electron chi connectivity index (χ0n) is 22.5. The lowest BCUT2D eigenvalue weighted by atomic mass is 9.35. The number of ketones is 1. The summed E-state index contributed by atoms with van der Waals surface area (Å²) in [5, 5.41) is 21.9. The van der Waals surface area contributed by atoms with Gasteiger partial charge in [0, 0.05) is 11.8 Å². The van der Waals surface area contributed by atoms with Gasteiger partial charge in [0.2, 0.25) is 0 Å². The first-order chi connectivity index (χ1) is 15.1. The molecule has 4 aliphatic carbocycles. The maximum Gasteiger partial charge on any atom is 0.138 e. The molecule has 4 rings (SSSR count). The van der Waals surface area contributed by atoms with Crippen LogP contribution in [0.3, 0.4) is 0 Å². The van der Waals surface area contributed by atoms with Gasteiger partial charge in [0.25, 0.3) is 0 Å². The molecule has 0 spiro atoms. The molecule has 0 heterocycles. The van der Waals surface area contributed by atoms with E-state index in [4.69, 9.17) is 0 Å². The molecule has 0 saturated heterocycles. The van der Waals surface area contributed by atoms with Crippen LogP contribution in [0.4, 0.5) is 0 Å². The van der Waals surface area contributed by atoms with Gasteiger partial charge in [-0.1, -0.05) is 46.8 Å². The van der Waals surface area contributed by atoms with Gasteiger partial charge in [-0.2, -0.15) is 0 Å². The molecule has 0 amide bonds. The topological polar surface area (TPSA) is 57.5 Å². The van der Waals surface area contributed by atoms with E-state index < -0.39 is 11.7 Å². The number of carbonyl (C=O) groups excluding carboxylic acids is 1. The van der Waals surface area contributed by atoms with Crippen molar-refractivity contribution in [3.8, 4) is 0 Å². The van der Waals surface area contributed by atoms with Crippen molar-refractivity contribution >= 4 is 5.78 Å². The van der Waals surface area contributed by atoms with Crippen molar-refractivity contribution in [3.05, 3.63) is 12.2 Å². The quantitative estimate of drug-likeness (QED) is 0.450. The number of hydrogen-bond donors (Lipinski definition) is 2. The van der Waals surface area contributed by atoms with E-state index in [0.29, 0.717) is 42.3 Å². The Morgan fingerprint density at radius 1 is 1.03 bits per heavy atom. The lowest BCUT2D eigenvalue weighted by Crippen LogP contribution is -2.63. The summed E-state index contributed by atoms with van der Waals surface area (Å²) in [5.41, 5.74) is 0.580. The summed E-state index contributed by atoms with van der Waals surface area (Å²) in [6.45, 7) is 19.9. The fourth-order valence-electron chi connectivity index (χ4n) is 10.1. The van der Waals surface area contributed by atoms with Crippen molar-refractivity contribution in [1.29, 1.82) is 0 Å². The molecular weight excluding hydrogens is 408 g/mol. The van der Waals surface area contributed by atoms with E-state index >= 15 is 0 Å². The minimum Gasteiger partial charge on any atom is -0.390 e. The van der Waals surface area contributed by atoms with Gasteiger partial charge in [-0.05, 0) is 112 Å². The second-order valence-corrected chi connectivity index (χ2v) is 14.2. The molecule has 0 aliphatic heterocycles. The SMILES string of the molecule is C=C(C)C(O)CC[C@](C)(O)[C@H]1CC[C@@]2(C)C1CC[C@@H]1[C@@]3(C)CCC(=O)C(C)(C)C3CC[C@]12C. The van der Waals surface area contributed by atoms with Crippen molar-refractivity contribution in [2.75, 3.05) is 0 Å². The van der Waals surface area contributed by atoms with Crippen LogP contribution in [0.5, 0.6) is 0 Å². The molecule has 4 aliphatic rings. The third-order valence-corrected chi connectivity index (χ3v) is 12.4. The lowest BCUT2D eigenvalue weighted by Gasteiger charge is -2.69. The number of fused-ring (bicyclic) bond motifs is 5. The highest BCUT2D eigenvalue weighted by molar-refractivity contribution is 5.85. The molecular formula is C30H50O3. The van der Waals surface area contributed by atoms with E-state index in [1.807, 2.05) is 13.8 Å². The summed E-state index contributed by atoms with van der Waals surface area (Å²) in [5.74, 6) is 2.46. The predicted molar refractivity (Wildman–Crippen MR) is 135 cm³/mol. The zero-order chi connectivity index (χ0) is 24.6. The smallest absolute Gasteiger partial charge is 0.138 e. The van der Waals surface area contributed by atoms with E-state index in [-0.39, 0.29) is 21.7 Å². The Morgan fingerprint density at radius 2 is 1.67 bits per heavy atom. The van der Waals surface area contributed by atoms with Crippen LogP contribution >= 0.6 is 0 Å². The monoisotopic (exact) mass is 458 g/mol. The van der Waals surface area contributed by atoms with Gasteiger partial charge in [-0.3, -0.25) is 4.79 Å². The fourth-order valence-corrected chi connectivity index (χ4v) is 10.1. The van der Waals surface area contributed by atoms with Crippen LogP contribution in [0.2, 0.25) is 0 Å². The van der Waals surface area contributed by atoms with Gasteiger partial charge in [-0.15, -0.1) is 0 Å². The first-order valence-electron chi connectivity index (χ1n) is 13.7. The van der Waals surface area contributed by atoms with E-state index in [2.05, 4.69) is 41.2 Å². The number of carbonyl (C=O) groups is 1. The summed E-state index contributed by atoms with van der Waals surface area (Å²) >= 11 is 0. The Morgan fingerprint density at radius 3 is 2.30 bits per heavy atom. The molecule has 4 fully saturated rings. The van der Waals surface area contributed by atoms with Crippen LogP contribution < -0.4 is 0 Å². The summed E-state index contributed by atoms with van der Waals surface area (Å²) in [7, 11) is 0. The van der Waals surface area contributed by atoms with Gasteiger partial charge in [0.15, 0.2) is 0 Å². The first kappa shape index (κ1) is 25.4. The molecule has 0 radical (unpaired) electrons. The Kier molecular flexibility index (Phi) is 6.10. The summed E-state index contributed by atoms with van der Waals surface area (Å²) in [6.07, 6.45) is 9.58. The number of aliphatic hydroxyl groups excluding tert-OH is 1. The van der Waals surface area contributed by atoms with Crippen molar-refractivity contribution in [1.82, 2.24) is 0 Å². The van der Waals surface area contributed by atoms with Crippen LogP contribution in [-0.2, 0) is 4.79 Å². The molecule has 2 N–H and O–H groups in total. The molecule has 0 aromatic carbocycles. The number of Topliss-reactive ketones (excluding diaryl/α,β-unsaturated/α-hetero) is 1. The molecule has 0 aromatic rings. The Labute approximate surface area is 202 Å². The molecule has 3 nitrogen and oxygen atoms in total. The minimum atomic E-state index is -0.748. The summed E-state index contributed by atoms with van der Waals surface area (Å²) in [4.78, 5) is 12.9. The van der Waals surface area contributed by atoms with Crippen LogP contribution in [0.25, 0.3) is 0 Å². The van der Waals surface area contributed by atoms with Crippen molar-refractivity contribution in [3.63, 3.8) is 0 Å². The average Bonchev–Trinajstić information content (AvgIpc) is 3.08. The number of hydrogen-bond acceptors (Lipinski definition) is 3. The highest BCUT2D eigenvalue weighted by atomic mass is 16.3. The lowest BCUT2D eigenvalue weighted by molar-refractivity contribution is -0.207. The molecule has 3 unspecified atom stereocenters. The summed E-state index contributed by atoms with van der Waals surface area (Å²) in [6, 6.07) is 0.